The van der Waals surface area contributed by atoms with E-state index in [4.69, 9.17) is 4.74 Å². The van der Waals surface area contributed by atoms with E-state index in [1.807, 2.05) is 0 Å². The molecular weight excluding hydrogens is 142 g/mol. The van der Waals surface area contributed by atoms with Gasteiger partial charge in [-0.1, -0.05) is 6.92 Å². The summed E-state index contributed by atoms with van der Waals surface area (Å²) in [6, 6.07) is 0. The number of hydrogen-bond acceptors (Lipinski definition) is 2. The number of hydrogen-bond donors (Lipinski definition) is 1. The van der Waals surface area contributed by atoms with Gasteiger partial charge in [0.15, 0.2) is 0 Å². The van der Waals surface area contributed by atoms with E-state index in [9.17, 15) is 4.79 Å². The van der Waals surface area contributed by atoms with E-state index >= 15 is 0 Å². The molecule has 1 saturated heterocycles. The molecule has 0 aliphatic carbocycles. The van der Waals surface area contributed by atoms with E-state index in [-0.39, 0.29) is 12.0 Å². The zero-order chi connectivity index (χ0) is 8.27. The smallest absolute Gasteiger partial charge is 0.220 e. The average Bonchev–Trinajstić information content (AvgIpc) is 2.39. The molecule has 3 heteroatoms. The Bertz CT molecular complexity index is 143. The third-order valence-corrected chi connectivity index (χ3v) is 2.24. The van der Waals surface area contributed by atoms with Gasteiger partial charge in [-0.25, -0.2) is 0 Å². The number of rotatable bonds is 3. The first kappa shape index (κ1) is 8.53. The molecule has 0 saturated carbocycles. The van der Waals surface area contributed by atoms with Crippen molar-refractivity contribution in [3.05, 3.63) is 0 Å². The first-order chi connectivity index (χ1) is 5.27. The monoisotopic (exact) mass is 157 g/mol. The summed E-state index contributed by atoms with van der Waals surface area (Å²) in [5.74, 6) is 0.544. The van der Waals surface area contributed by atoms with Crippen molar-refractivity contribution in [3.8, 4) is 0 Å². The summed E-state index contributed by atoms with van der Waals surface area (Å²) >= 11 is 0. The summed E-state index contributed by atoms with van der Waals surface area (Å²) in [4.78, 5) is 10.8. The fourth-order valence-corrected chi connectivity index (χ4v) is 1.58. The van der Waals surface area contributed by atoms with Gasteiger partial charge in [-0.15, -0.1) is 0 Å². The Kier molecular flexibility index (Phi) is 2.88. The van der Waals surface area contributed by atoms with Crippen LogP contribution in [0.1, 0.15) is 19.8 Å². The first-order valence-electron chi connectivity index (χ1n) is 4.07. The van der Waals surface area contributed by atoms with E-state index in [1.54, 1.807) is 7.11 Å². The van der Waals surface area contributed by atoms with Crippen LogP contribution in [0.15, 0.2) is 0 Å². The molecule has 1 fully saturated rings. The maximum atomic E-state index is 10.8. The Balaban J connectivity index is 2.40. The Morgan fingerprint density at radius 2 is 2.55 bits per heavy atom. The second-order valence-corrected chi connectivity index (χ2v) is 2.95. The van der Waals surface area contributed by atoms with Gasteiger partial charge in [0, 0.05) is 26.0 Å². The lowest BCUT2D eigenvalue weighted by molar-refractivity contribution is -0.119. The quantitative estimate of drug-likeness (QED) is 0.649. The van der Waals surface area contributed by atoms with Crippen LogP contribution >= 0.6 is 0 Å². The molecule has 1 rings (SSSR count). The SMILES string of the molecule is CCC(OC)C1CNC(=O)C1. The molecule has 0 aromatic heterocycles. The lowest BCUT2D eigenvalue weighted by Gasteiger charge is -2.18. The van der Waals surface area contributed by atoms with Gasteiger partial charge >= 0.3 is 0 Å². The molecule has 1 heterocycles. The van der Waals surface area contributed by atoms with E-state index in [0.717, 1.165) is 13.0 Å². The standard InChI is InChI=1S/C8H15NO2/c1-3-7(11-2)6-4-8(10)9-5-6/h6-7H,3-5H2,1-2H3,(H,9,10). The average molecular weight is 157 g/mol. The van der Waals surface area contributed by atoms with Crippen molar-refractivity contribution in [2.75, 3.05) is 13.7 Å². The van der Waals surface area contributed by atoms with Crippen LogP contribution < -0.4 is 5.32 Å². The molecule has 0 aromatic carbocycles. The highest BCUT2D eigenvalue weighted by molar-refractivity contribution is 5.78. The van der Waals surface area contributed by atoms with E-state index in [0.29, 0.717) is 12.3 Å². The number of carbonyl (C=O) groups excluding carboxylic acids is 1. The second-order valence-electron chi connectivity index (χ2n) is 2.95. The molecule has 64 valence electrons. The molecular formula is C8H15NO2. The lowest BCUT2D eigenvalue weighted by Crippen LogP contribution is -2.24. The van der Waals surface area contributed by atoms with Gasteiger partial charge in [0.25, 0.3) is 0 Å². The van der Waals surface area contributed by atoms with Crippen LogP contribution in [0.25, 0.3) is 0 Å². The normalized spacial score (nSPS) is 26.7. The molecule has 0 radical (unpaired) electrons. The highest BCUT2D eigenvalue weighted by atomic mass is 16.5. The van der Waals surface area contributed by atoms with Crippen LogP contribution in [-0.2, 0) is 9.53 Å². The molecule has 2 atom stereocenters. The largest absolute Gasteiger partial charge is 0.381 e. The van der Waals surface area contributed by atoms with Crippen LogP contribution in [0.3, 0.4) is 0 Å². The van der Waals surface area contributed by atoms with Crippen molar-refractivity contribution >= 4 is 5.91 Å². The Hall–Kier alpha value is -0.570. The van der Waals surface area contributed by atoms with Gasteiger partial charge in [0.05, 0.1) is 6.10 Å². The third kappa shape index (κ3) is 1.93. The number of nitrogens with one attached hydrogen (secondary N) is 1. The minimum atomic E-state index is 0.158. The molecule has 1 amide bonds. The molecule has 0 bridgehead atoms. The van der Waals surface area contributed by atoms with Crippen LogP contribution in [-0.4, -0.2) is 25.7 Å². The molecule has 11 heavy (non-hydrogen) atoms. The topological polar surface area (TPSA) is 38.3 Å². The maximum Gasteiger partial charge on any atom is 0.220 e. The molecule has 3 nitrogen and oxygen atoms in total. The van der Waals surface area contributed by atoms with Gasteiger partial charge in [0.1, 0.15) is 0 Å². The highest BCUT2D eigenvalue weighted by Crippen LogP contribution is 2.18. The summed E-state index contributed by atoms with van der Waals surface area (Å²) in [5.41, 5.74) is 0. The van der Waals surface area contributed by atoms with Crippen molar-refractivity contribution in [3.63, 3.8) is 0 Å². The van der Waals surface area contributed by atoms with Crippen LogP contribution in [0.4, 0.5) is 0 Å². The fraction of sp³-hybridized carbons (Fsp3) is 0.875. The molecule has 1 aliphatic rings. The summed E-state index contributed by atoms with van der Waals surface area (Å²) in [6.45, 7) is 2.86. The van der Waals surface area contributed by atoms with Crippen molar-refractivity contribution in [2.24, 2.45) is 5.92 Å². The van der Waals surface area contributed by atoms with Gasteiger partial charge in [-0.05, 0) is 6.42 Å². The van der Waals surface area contributed by atoms with Crippen molar-refractivity contribution < 1.29 is 9.53 Å². The predicted molar refractivity (Wildman–Crippen MR) is 42.2 cm³/mol. The minimum Gasteiger partial charge on any atom is -0.381 e. The van der Waals surface area contributed by atoms with Gasteiger partial charge < -0.3 is 10.1 Å². The molecule has 1 aliphatic heterocycles. The number of methoxy groups -OCH3 is 1. The summed E-state index contributed by atoms with van der Waals surface area (Å²) < 4.78 is 5.24. The molecule has 1 N–H and O–H groups in total. The third-order valence-electron chi connectivity index (χ3n) is 2.24. The van der Waals surface area contributed by atoms with Gasteiger partial charge in [0.2, 0.25) is 5.91 Å². The lowest BCUT2D eigenvalue weighted by atomic mass is 9.99. The van der Waals surface area contributed by atoms with E-state index < -0.39 is 0 Å². The number of amides is 1. The van der Waals surface area contributed by atoms with Crippen molar-refractivity contribution in [2.45, 2.75) is 25.9 Å². The van der Waals surface area contributed by atoms with Crippen molar-refractivity contribution in [1.82, 2.24) is 5.32 Å². The van der Waals surface area contributed by atoms with Crippen LogP contribution in [0.5, 0.6) is 0 Å². The molecule has 0 aromatic rings. The zero-order valence-electron chi connectivity index (χ0n) is 7.09. The zero-order valence-corrected chi connectivity index (χ0v) is 7.09. The van der Waals surface area contributed by atoms with Crippen molar-refractivity contribution in [1.29, 1.82) is 0 Å². The number of ether oxygens (including phenoxy) is 1. The van der Waals surface area contributed by atoms with Gasteiger partial charge in [-0.2, -0.15) is 0 Å². The Morgan fingerprint density at radius 1 is 1.82 bits per heavy atom. The van der Waals surface area contributed by atoms with E-state index in [2.05, 4.69) is 12.2 Å². The fourth-order valence-electron chi connectivity index (χ4n) is 1.58. The Morgan fingerprint density at radius 3 is 2.91 bits per heavy atom. The first-order valence-corrected chi connectivity index (χ1v) is 4.07. The maximum absolute atomic E-state index is 10.8. The number of carbonyl (C=O) groups is 1. The summed E-state index contributed by atoms with van der Waals surface area (Å²) in [7, 11) is 1.71. The van der Waals surface area contributed by atoms with E-state index in [1.165, 1.54) is 0 Å². The predicted octanol–water partition coefficient (Wildman–Crippen LogP) is 0.547. The second kappa shape index (κ2) is 3.72. The minimum absolute atomic E-state index is 0.158. The van der Waals surface area contributed by atoms with Crippen LogP contribution in [0.2, 0.25) is 0 Å². The molecule has 2 unspecified atom stereocenters. The summed E-state index contributed by atoms with van der Waals surface area (Å²) in [6.07, 6.45) is 1.86. The van der Waals surface area contributed by atoms with Gasteiger partial charge in [-0.3, -0.25) is 4.79 Å². The Labute approximate surface area is 67.1 Å². The summed E-state index contributed by atoms with van der Waals surface area (Å²) in [5, 5.41) is 2.80. The molecule has 0 spiro atoms. The van der Waals surface area contributed by atoms with Crippen LogP contribution in [0, 0.1) is 5.92 Å². The highest BCUT2D eigenvalue weighted by Gasteiger charge is 2.27.